The number of unbranched alkanes of at least 4 members (excludes halogenated alkanes) is 2. The fourth-order valence-electron chi connectivity index (χ4n) is 1.07. The van der Waals surface area contributed by atoms with Gasteiger partial charge in [0.15, 0.2) is 0 Å². The van der Waals surface area contributed by atoms with Crippen molar-refractivity contribution in [1.82, 2.24) is 5.01 Å². The van der Waals surface area contributed by atoms with Crippen LogP contribution in [0.4, 0.5) is 0 Å². The lowest BCUT2D eigenvalue weighted by Crippen LogP contribution is -2.22. The van der Waals surface area contributed by atoms with Crippen LogP contribution in [0.2, 0.25) is 0 Å². The molecule has 0 bridgehead atoms. The van der Waals surface area contributed by atoms with Crippen molar-refractivity contribution in [3.05, 3.63) is 4.91 Å². The zero-order chi connectivity index (χ0) is 10.1. The maximum atomic E-state index is 10.3. The average molecular weight is 188 g/mol. The third-order valence-electron chi connectivity index (χ3n) is 1.94. The molecular formula is C9H20N2O2. The highest BCUT2D eigenvalue weighted by Gasteiger charge is 2.04. The predicted octanol–water partition coefficient (Wildman–Crippen LogP) is 1.93. The molecule has 0 aromatic heterocycles. The van der Waals surface area contributed by atoms with Crippen LogP contribution in [0.15, 0.2) is 5.29 Å². The lowest BCUT2D eigenvalue weighted by molar-refractivity contribution is 0.156. The summed E-state index contributed by atoms with van der Waals surface area (Å²) in [5.74, 6) is 0. The average Bonchev–Trinajstić information content (AvgIpc) is 2.10. The molecule has 1 unspecified atom stereocenters. The van der Waals surface area contributed by atoms with Crippen molar-refractivity contribution in [2.45, 2.75) is 45.6 Å². The van der Waals surface area contributed by atoms with Gasteiger partial charge in [-0.05, 0) is 19.8 Å². The van der Waals surface area contributed by atoms with Gasteiger partial charge in [0.05, 0.1) is 11.4 Å². The first kappa shape index (κ1) is 12.4. The van der Waals surface area contributed by atoms with Crippen LogP contribution in [-0.4, -0.2) is 29.3 Å². The highest BCUT2D eigenvalue weighted by atomic mass is 16.3. The molecule has 0 aromatic carbocycles. The summed E-state index contributed by atoms with van der Waals surface area (Å²) in [4.78, 5) is 10.3. The van der Waals surface area contributed by atoms with Crippen LogP contribution >= 0.6 is 0 Å². The van der Waals surface area contributed by atoms with Crippen molar-refractivity contribution < 1.29 is 5.11 Å². The van der Waals surface area contributed by atoms with E-state index in [1.54, 1.807) is 6.92 Å². The zero-order valence-corrected chi connectivity index (χ0v) is 8.57. The van der Waals surface area contributed by atoms with Crippen LogP contribution in [0.3, 0.4) is 0 Å². The van der Waals surface area contributed by atoms with Gasteiger partial charge in [-0.15, -0.1) is 4.91 Å². The van der Waals surface area contributed by atoms with Crippen LogP contribution in [0, 0.1) is 4.91 Å². The molecule has 0 aliphatic carbocycles. The number of hydrogen-bond acceptors (Lipinski definition) is 3. The first-order valence-corrected chi connectivity index (χ1v) is 4.97. The van der Waals surface area contributed by atoms with Crippen molar-refractivity contribution in [1.29, 1.82) is 0 Å². The van der Waals surface area contributed by atoms with E-state index in [1.807, 2.05) is 0 Å². The Balaban J connectivity index is 3.45. The van der Waals surface area contributed by atoms with Gasteiger partial charge in [-0.3, -0.25) is 5.01 Å². The van der Waals surface area contributed by atoms with E-state index >= 15 is 0 Å². The third-order valence-corrected chi connectivity index (χ3v) is 1.94. The Morgan fingerprint density at radius 3 is 2.54 bits per heavy atom. The van der Waals surface area contributed by atoms with Crippen molar-refractivity contribution in [3.63, 3.8) is 0 Å². The monoisotopic (exact) mass is 188 g/mol. The predicted molar refractivity (Wildman–Crippen MR) is 53.2 cm³/mol. The summed E-state index contributed by atoms with van der Waals surface area (Å²) >= 11 is 0. The van der Waals surface area contributed by atoms with E-state index < -0.39 is 0 Å². The lowest BCUT2D eigenvalue weighted by Gasteiger charge is -2.15. The zero-order valence-electron chi connectivity index (χ0n) is 8.57. The summed E-state index contributed by atoms with van der Waals surface area (Å²) in [6.07, 6.45) is 3.53. The molecule has 78 valence electrons. The van der Waals surface area contributed by atoms with Gasteiger partial charge in [0.25, 0.3) is 0 Å². The molecule has 0 spiro atoms. The summed E-state index contributed by atoms with van der Waals surface area (Å²) in [6.45, 7) is 5.11. The van der Waals surface area contributed by atoms with Gasteiger partial charge < -0.3 is 5.11 Å². The number of nitrogens with zero attached hydrogens (tertiary/aromatic N) is 2. The van der Waals surface area contributed by atoms with Gasteiger partial charge in [-0.2, -0.15) is 0 Å². The highest BCUT2D eigenvalue weighted by Crippen LogP contribution is 2.01. The second-order valence-electron chi connectivity index (χ2n) is 3.38. The van der Waals surface area contributed by atoms with Gasteiger partial charge in [0, 0.05) is 13.1 Å². The first-order valence-electron chi connectivity index (χ1n) is 4.97. The molecule has 0 saturated carbocycles. The lowest BCUT2D eigenvalue weighted by atomic mass is 10.2. The second kappa shape index (κ2) is 7.98. The smallest absolute Gasteiger partial charge is 0.0529 e. The van der Waals surface area contributed by atoms with Crippen LogP contribution < -0.4 is 0 Å². The molecular weight excluding hydrogens is 168 g/mol. The topological polar surface area (TPSA) is 52.9 Å². The number of aliphatic hydroxyl groups is 1. The summed E-state index contributed by atoms with van der Waals surface area (Å²) in [5, 5.41) is 13.4. The fraction of sp³-hybridized carbons (Fsp3) is 1.00. The second-order valence-corrected chi connectivity index (χ2v) is 3.38. The standard InChI is InChI=1S/C9H20N2O2/c1-3-4-5-7-11(10-13)8-6-9(2)12/h9,12H,3-8H2,1-2H3. The minimum absolute atomic E-state index is 0.351. The normalized spacial score (nSPS) is 12.5. The molecule has 4 nitrogen and oxygen atoms in total. The summed E-state index contributed by atoms with van der Waals surface area (Å²) in [5.41, 5.74) is 0. The summed E-state index contributed by atoms with van der Waals surface area (Å²) in [7, 11) is 0. The molecule has 1 atom stereocenters. The van der Waals surface area contributed by atoms with Gasteiger partial charge in [-0.25, -0.2) is 0 Å². The van der Waals surface area contributed by atoms with Crippen LogP contribution in [0.25, 0.3) is 0 Å². The quantitative estimate of drug-likeness (QED) is 0.360. The number of hydrogen-bond donors (Lipinski definition) is 1. The Bertz CT molecular complexity index is 129. The van der Waals surface area contributed by atoms with E-state index in [1.165, 1.54) is 5.01 Å². The maximum absolute atomic E-state index is 10.3. The van der Waals surface area contributed by atoms with Gasteiger partial charge in [-0.1, -0.05) is 19.8 Å². The number of aliphatic hydroxyl groups excluding tert-OH is 1. The number of rotatable bonds is 8. The van der Waals surface area contributed by atoms with E-state index in [4.69, 9.17) is 5.11 Å². The maximum Gasteiger partial charge on any atom is 0.0529 e. The molecule has 13 heavy (non-hydrogen) atoms. The molecule has 0 fully saturated rings. The van der Waals surface area contributed by atoms with Crippen molar-refractivity contribution in [2.24, 2.45) is 5.29 Å². The molecule has 0 aliphatic heterocycles. The van der Waals surface area contributed by atoms with E-state index in [-0.39, 0.29) is 6.10 Å². The Kier molecular flexibility index (Phi) is 7.59. The van der Waals surface area contributed by atoms with E-state index in [0.29, 0.717) is 19.5 Å². The first-order chi connectivity index (χ1) is 6.20. The van der Waals surface area contributed by atoms with Gasteiger partial charge in [0.2, 0.25) is 0 Å². The minimum Gasteiger partial charge on any atom is -0.393 e. The molecule has 4 heteroatoms. The van der Waals surface area contributed by atoms with Crippen LogP contribution in [0.1, 0.15) is 39.5 Å². The van der Waals surface area contributed by atoms with Crippen molar-refractivity contribution in [2.75, 3.05) is 13.1 Å². The highest BCUT2D eigenvalue weighted by molar-refractivity contribution is 4.55. The number of nitroso groups, excluding NO2 is 1. The molecule has 0 saturated heterocycles. The third kappa shape index (κ3) is 7.71. The van der Waals surface area contributed by atoms with Gasteiger partial charge in [0.1, 0.15) is 0 Å². The van der Waals surface area contributed by atoms with E-state index in [2.05, 4.69) is 12.2 Å². The summed E-state index contributed by atoms with van der Waals surface area (Å²) in [6, 6.07) is 0. The van der Waals surface area contributed by atoms with Crippen LogP contribution in [0.5, 0.6) is 0 Å². The molecule has 0 radical (unpaired) electrons. The van der Waals surface area contributed by atoms with E-state index in [9.17, 15) is 4.91 Å². The fourth-order valence-corrected chi connectivity index (χ4v) is 1.07. The van der Waals surface area contributed by atoms with Crippen molar-refractivity contribution in [3.8, 4) is 0 Å². The molecule has 0 aliphatic rings. The van der Waals surface area contributed by atoms with E-state index in [0.717, 1.165) is 19.3 Å². The van der Waals surface area contributed by atoms with Gasteiger partial charge >= 0.3 is 0 Å². The largest absolute Gasteiger partial charge is 0.393 e. The Labute approximate surface area is 79.9 Å². The SMILES string of the molecule is CCCCCN(CCC(C)O)N=O. The minimum atomic E-state index is -0.351. The molecule has 0 amide bonds. The molecule has 0 aromatic rings. The molecule has 0 heterocycles. The van der Waals surface area contributed by atoms with Crippen LogP contribution in [-0.2, 0) is 0 Å². The Hall–Kier alpha value is -0.640. The molecule has 1 N–H and O–H groups in total. The summed E-state index contributed by atoms with van der Waals surface area (Å²) < 4.78 is 0. The Morgan fingerprint density at radius 2 is 2.08 bits per heavy atom. The molecule has 0 rings (SSSR count). The Morgan fingerprint density at radius 1 is 1.38 bits per heavy atom. The van der Waals surface area contributed by atoms with Crippen molar-refractivity contribution >= 4 is 0 Å².